The van der Waals surface area contributed by atoms with E-state index in [1.807, 2.05) is 11.8 Å². The Kier molecular flexibility index (Phi) is 3.32. The lowest BCUT2D eigenvalue weighted by molar-refractivity contribution is 0.0518. The van der Waals surface area contributed by atoms with E-state index >= 15 is 0 Å². The van der Waals surface area contributed by atoms with Gasteiger partial charge in [-0.1, -0.05) is 18.2 Å². The number of fused-ring (bicyclic) bond motifs is 1. The van der Waals surface area contributed by atoms with Gasteiger partial charge in [0, 0.05) is 48.3 Å². The molecule has 2 heterocycles. The molecule has 2 unspecified atom stereocenters. The Bertz CT molecular complexity index is 500. The van der Waals surface area contributed by atoms with E-state index in [1.54, 1.807) is 5.56 Å². The molecule has 1 N–H and O–H groups in total. The van der Waals surface area contributed by atoms with Crippen LogP contribution in [0.3, 0.4) is 0 Å². The van der Waals surface area contributed by atoms with Crippen LogP contribution in [-0.2, 0) is 0 Å². The summed E-state index contributed by atoms with van der Waals surface area (Å²) in [7, 11) is 0. The standard InChI is InChI=1S/C17H24N2S/c1-17(14-6-7-14)12-18-8-9-19(17)10-13-11-20-16-5-3-2-4-15(13)16/h2-5,13-14,18H,6-12H2,1H3. The molecule has 0 aromatic heterocycles. The van der Waals surface area contributed by atoms with Crippen LogP contribution in [0.25, 0.3) is 0 Å². The molecule has 2 atom stereocenters. The van der Waals surface area contributed by atoms with E-state index in [4.69, 9.17) is 0 Å². The van der Waals surface area contributed by atoms with Gasteiger partial charge >= 0.3 is 0 Å². The van der Waals surface area contributed by atoms with Gasteiger partial charge in [-0.25, -0.2) is 0 Å². The third-order valence-corrected chi connectivity index (χ3v) is 6.71. The van der Waals surface area contributed by atoms with Crippen LogP contribution >= 0.6 is 11.8 Å². The van der Waals surface area contributed by atoms with Crippen molar-refractivity contribution < 1.29 is 0 Å². The molecule has 1 aromatic carbocycles. The second-order valence-corrected chi connectivity index (χ2v) is 7.86. The van der Waals surface area contributed by atoms with Crippen LogP contribution in [0.2, 0.25) is 0 Å². The number of thioether (sulfide) groups is 1. The van der Waals surface area contributed by atoms with E-state index in [9.17, 15) is 0 Å². The Morgan fingerprint density at radius 3 is 3.05 bits per heavy atom. The summed E-state index contributed by atoms with van der Waals surface area (Å²) in [6, 6.07) is 9.01. The van der Waals surface area contributed by atoms with Gasteiger partial charge in [0.25, 0.3) is 0 Å². The topological polar surface area (TPSA) is 15.3 Å². The quantitative estimate of drug-likeness (QED) is 0.920. The van der Waals surface area contributed by atoms with Crippen molar-refractivity contribution in [2.24, 2.45) is 5.92 Å². The third-order valence-electron chi connectivity index (χ3n) is 5.46. The number of nitrogens with one attached hydrogen (secondary N) is 1. The van der Waals surface area contributed by atoms with Crippen LogP contribution in [0.15, 0.2) is 29.2 Å². The van der Waals surface area contributed by atoms with Gasteiger partial charge in [0.05, 0.1) is 0 Å². The molecule has 0 spiro atoms. The minimum absolute atomic E-state index is 0.403. The highest BCUT2D eigenvalue weighted by atomic mass is 32.2. The summed E-state index contributed by atoms with van der Waals surface area (Å²) in [6.45, 7) is 7.29. The summed E-state index contributed by atoms with van der Waals surface area (Å²) in [5.41, 5.74) is 2.00. The Morgan fingerprint density at radius 1 is 1.35 bits per heavy atom. The number of nitrogens with zero attached hydrogens (tertiary/aromatic N) is 1. The molecular formula is C17H24N2S. The summed E-state index contributed by atoms with van der Waals surface area (Å²) in [6.07, 6.45) is 2.87. The fourth-order valence-electron chi connectivity index (χ4n) is 3.98. The van der Waals surface area contributed by atoms with E-state index in [1.165, 1.54) is 43.1 Å². The van der Waals surface area contributed by atoms with Crippen molar-refractivity contribution in [2.75, 3.05) is 31.9 Å². The number of rotatable bonds is 3. The van der Waals surface area contributed by atoms with E-state index in [0.29, 0.717) is 5.54 Å². The minimum Gasteiger partial charge on any atom is -0.314 e. The molecule has 1 aromatic rings. The lowest BCUT2D eigenvalue weighted by Gasteiger charge is -2.47. The Hall–Kier alpha value is -0.510. The van der Waals surface area contributed by atoms with Crippen LogP contribution in [0.1, 0.15) is 31.2 Å². The predicted molar refractivity (Wildman–Crippen MR) is 85.5 cm³/mol. The van der Waals surface area contributed by atoms with Crippen molar-refractivity contribution in [3.63, 3.8) is 0 Å². The maximum absolute atomic E-state index is 3.62. The van der Waals surface area contributed by atoms with E-state index in [0.717, 1.165) is 18.4 Å². The molecule has 108 valence electrons. The van der Waals surface area contributed by atoms with Gasteiger partial charge in [-0.3, -0.25) is 4.90 Å². The van der Waals surface area contributed by atoms with Crippen LogP contribution in [0, 0.1) is 5.92 Å². The third kappa shape index (κ3) is 2.20. The first-order valence-electron chi connectivity index (χ1n) is 7.95. The minimum atomic E-state index is 0.403. The fourth-order valence-corrected chi connectivity index (χ4v) is 5.22. The fraction of sp³-hybridized carbons (Fsp3) is 0.647. The predicted octanol–water partition coefficient (Wildman–Crippen LogP) is 2.95. The molecule has 2 aliphatic heterocycles. The van der Waals surface area contributed by atoms with Crippen LogP contribution in [0.5, 0.6) is 0 Å². The molecule has 3 aliphatic rings. The monoisotopic (exact) mass is 288 g/mol. The number of hydrogen-bond acceptors (Lipinski definition) is 3. The van der Waals surface area contributed by atoms with Crippen LogP contribution in [-0.4, -0.2) is 42.4 Å². The number of hydrogen-bond donors (Lipinski definition) is 1. The second kappa shape index (κ2) is 5.04. The zero-order chi connectivity index (χ0) is 13.6. The van der Waals surface area contributed by atoms with Crippen molar-refractivity contribution in [2.45, 2.75) is 36.1 Å². The molecule has 0 amide bonds. The molecule has 1 saturated carbocycles. The molecule has 3 heteroatoms. The SMILES string of the molecule is CC1(C2CC2)CNCCN1CC1CSc2ccccc21. The van der Waals surface area contributed by atoms with Gasteiger partial charge in [-0.05, 0) is 37.3 Å². The van der Waals surface area contributed by atoms with Gasteiger partial charge in [-0.15, -0.1) is 11.8 Å². The zero-order valence-corrected chi connectivity index (χ0v) is 13.1. The van der Waals surface area contributed by atoms with Crippen molar-refractivity contribution in [1.29, 1.82) is 0 Å². The molecule has 20 heavy (non-hydrogen) atoms. The van der Waals surface area contributed by atoms with Crippen LogP contribution < -0.4 is 5.32 Å². The average molecular weight is 288 g/mol. The molecule has 2 fully saturated rings. The summed E-state index contributed by atoms with van der Waals surface area (Å²) in [4.78, 5) is 4.31. The highest BCUT2D eigenvalue weighted by molar-refractivity contribution is 7.99. The normalized spacial score (nSPS) is 34.1. The molecule has 0 bridgehead atoms. The Labute approximate surface area is 126 Å². The smallest absolute Gasteiger partial charge is 0.0334 e. The summed E-state index contributed by atoms with van der Waals surface area (Å²) in [5, 5.41) is 3.62. The highest BCUT2D eigenvalue weighted by Gasteiger charge is 2.47. The first kappa shape index (κ1) is 13.2. The number of piperazine rings is 1. The first-order valence-corrected chi connectivity index (χ1v) is 8.93. The summed E-state index contributed by atoms with van der Waals surface area (Å²) < 4.78 is 0. The van der Waals surface area contributed by atoms with Crippen molar-refractivity contribution >= 4 is 11.8 Å². The van der Waals surface area contributed by atoms with Gasteiger partial charge in [0.2, 0.25) is 0 Å². The first-order chi connectivity index (χ1) is 9.77. The Morgan fingerprint density at radius 2 is 2.20 bits per heavy atom. The molecule has 0 radical (unpaired) electrons. The maximum atomic E-state index is 3.62. The number of benzene rings is 1. The van der Waals surface area contributed by atoms with Gasteiger partial charge in [-0.2, -0.15) is 0 Å². The van der Waals surface area contributed by atoms with E-state index in [-0.39, 0.29) is 0 Å². The van der Waals surface area contributed by atoms with Gasteiger partial charge < -0.3 is 5.32 Å². The maximum Gasteiger partial charge on any atom is 0.0334 e. The largest absolute Gasteiger partial charge is 0.314 e. The molecule has 4 rings (SSSR count). The zero-order valence-electron chi connectivity index (χ0n) is 12.3. The van der Waals surface area contributed by atoms with Gasteiger partial charge in [0.1, 0.15) is 0 Å². The van der Waals surface area contributed by atoms with E-state index < -0.39 is 0 Å². The summed E-state index contributed by atoms with van der Waals surface area (Å²) >= 11 is 2.05. The molecule has 1 aliphatic carbocycles. The van der Waals surface area contributed by atoms with Crippen molar-refractivity contribution in [1.82, 2.24) is 10.2 Å². The van der Waals surface area contributed by atoms with Crippen LogP contribution in [0.4, 0.5) is 0 Å². The molecule has 2 nitrogen and oxygen atoms in total. The Balaban J connectivity index is 1.53. The van der Waals surface area contributed by atoms with E-state index in [2.05, 4.69) is 41.4 Å². The second-order valence-electron chi connectivity index (χ2n) is 6.80. The molecular weight excluding hydrogens is 264 g/mol. The van der Waals surface area contributed by atoms with Gasteiger partial charge in [0.15, 0.2) is 0 Å². The highest BCUT2D eigenvalue weighted by Crippen LogP contribution is 2.46. The lowest BCUT2D eigenvalue weighted by atomic mass is 9.89. The summed E-state index contributed by atoms with van der Waals surface area (Å²) in [5.74, 6) is 2.93. The lowest BCUT2D eigenvalue weighted by Crippen LogP contribution is -2.61. The van der Waals surface area contributed by atoms with Crippen molar-refractivity contribution in [3.8, 4) is 0 Å². The average Bonchev–Trinajstić information content (AvgIpc) is 3.25. The molecule has 1 saturated heterocycles. The van der Waals surface area contributed by atoms with Crippen molar-refractivity contribution in [3.05, 3.63) is 29.8 Å².